The molecule has 0 fully saturated rings. The molecule has 0 unspecified atom stereocenters. The smallest absolute Gasteiger partial charge is 0.143 e. The van der Waals surface area contributed by atoms with Crippen molar-refractivity contribution in [2.24, 2.45) is 0 Å². The molecule has 2 aromatic carbocycles. The zero-order valence-electron chi connectivity index (χ0n) is 15.0. The summed E-state index contributed by atoms with van der Waals surface area (Å²) in [5.74, 6) is 0.956. The van der Waals surface area contributed by atoms with Crippen LogP contribution >= 0.6 is 11.6 Å². The predicted octanol–water partition coefficient (Wildman–Crippen LogP) is 6.32. The van der Waals surface area contributed by atoms with Gasteiger partial charge in [0.05, 0.1) is 0 Å². The lowest BCUT2D eigenvalue weighted by Gasteiger charge is -2.15. The number of hydrogen-bond acceptors (Lipinski definition) is 2. The van der Waals surface area contributed by atoms with E-state index in [1.54, 1.807) is 0 Å². The molecule has 0 aliphatic rings. The Morgan fingerprint density at radius 2 is 1.58 bits per heavy atom. The average Bonchev–Trinajstić information content (AvgIpc) is 2.98. The molecule has 2 heterocycles. The Kier molecular flexibility index (Phi) is 4.17. The van der Waals surface area contributed by atoms with Gasteiger partial charge in [-0.05, 0) is 56.2 Å². The first-order chi connectivity index (χ1) is 12.5. The summed E-state index contributed by atoms with van der Waals surface area (Å²) >= 11 is 6.23. The molecule has 3 nitrogen and oxygen atoms in total. The van der Waals surface area contributed by atoms with E-state index in [-0.39, 0.29) is 0 Å². The van der Waals surface area contributed by atoms with E-state index in [2.05, 4.69) is 54.8 Å². The van der Waals surface area contributed by atoms with Gasteiger partial charge >= 0.3 is 0 Å². The number of hydrogen-bond donors (Lipinski definition) is 1. The van der Waals surface area contributed by atoms with Crippen molar-refractivity contribution in [2.75, 3.05) is 5.32 Å². The van der Waals surface area contributed by atoms with Gasteiger partial charge in [-0.2, -0.15) is 0 Å². The molecule has 0 amide bonds. The van der Waals surface area contributed by atoms with Crippen LogP contribution < -0.4 is 5.32 Å². The van der Waals surface area contributed by atoms with E-state index < -0.39 is 0 Å². The number of fused-ring (bicyclic) bond motifs is 1. The highest BCUT2D eigenvalue weighted by Gasteiger charge is 2.17. The first-order valence-corrected chi connectivity index (χ1v) is 8.99. The van der Waals surface area contributed by atoms with Gasteiger partial charge < -0.3 is 5.32 Å². The Labute approximate surface area is 158 Å². The van der Waals surface area contributed by atoms with E-state index in [1.165, 1.54) is 11.1 Å². The molecule has 2 aromatic heterocycles. The van der Waals surface area contributed by atoms with Gasteiger partial charge in [0, 0.05) is 22.0 Å². The highest BCUT2D eigenvalue weighted by molar-refractivity contribution is 6.30. The first kappa shape index (κ1) is 16.7. The fourth-order valence-electron chi connectivity index (χ4n) is 3.34. The zero-order chi connectivity index (χ0) is 18.3. The van der Waals surface area contributed by atoms with Crippen LogP contribution in [0.2, 0.25) is 5.02 Å². The van der Waals surface area contributed by atoms with Crippen molar-refractivity contribution in [3.05, 3.63) is 82.5 Å². The summed E-state index contributed by atoms with van der Waals surface area (Å²) in [4.78, 5) is 4.88. The van der Waals surface area contributed by atoms with Crippen molar-refractivity contribution in [3.63, 3.8) is 0 Å². The van der Waals surface area contributed by atoms with Crippen LogP contribution in [0.25, 0.3) is 16.9 Å². The lowest BCUT2D eigenvalue weighted by molar-refractivity contribution is 1.09. The van der Waals surface area contributed by atoms with Gasteiger partial charge in [-0.3, -0.25) is 4.40 Å². The minimum atomic E-state index is 0.703. The van der Waals surface area contributed by atoms with E-state index >= 15 is 0 Å². The van der Waals surface area contributed by atoms with Gasteiger partial charge in [0.1, 0.15) is 17.2 Å². The third kappa shape index (κ3) is 2.85. The molecule has 130 valence electrons. The second-order valence-electron chi connectivity index (χ2n) is 6.57. The van der Waals surface area contributed by atoms with Crippen LogP contribution in [0, 0.1) is 20.8 Å². The standard InChI is InChI=1S/C22H20ClN3/c1-14-7-4-8-15(2)20(14)25-22-21(17-10-6-11-18(23)13-17)24-19-12-5-9-16(3)26(19)22/h4-13,25H,1-3H3. The molecule has 4 aromatic rings. The van der Waals surface area contributed by atoms with Crippen LogP contribution in [0.1, 0.15) is 16.8 Å². The topological polar surface area (TPSA) is 29.3 Å². The number of nitrogens with zero attached hydrogens (tertiary/aromatic N) is 2. The largest absolute Gasteiger partial charge is 0.339 e. The third-order valence-corrected chi connectivity index (χ3v) is 4.90. The molecule has 0 saturated heterocycles. The Bertz CT molecular complexity index is 1090. The van der Waals surface area contributed by atoms with Crippen molar-refractivity contribution in [1.29, 1.82) is 0 Å². The fraction of sp³-hybridized carbons (Fsp3) is 0.136. The number of pyridine rings is 1. The summed E-state index contributed by atoms with van der Waals surface area (Å²) in [5, 5.41) is 4.35. The van der Waals surface area contributed by atoms with E-state index in [0.717, 1.165) is 34.1 Å². The molecule has 4 heteroatoms. The van der Waals surface area contributed by atoms with Gasteiger partial charge in [-0.15, -0.1) is 0 Å². The number of halogens is 1. The average molecular weight is 362 g/mol. The van der Waals surface area contributed by atoms with Crippen molar-refractivity contribution in [3.8, 4) is 11.3 Å². The molecular formula is C22H20ClN3. The number of para-hydroxylation sites is 1. The predicted molar refractivity (Wildman–Crippen MR) is 110 cm³/mol. The highest BCUT2D eigenvalue weighted by Crippen LogP contribution is 2.34. The zero-order valence-corrected chi connectivity index (χ0v) is 15.8. The quantitative estimate of drug-likeness (QED) is 0.462. The van der Waals surface area contributed by atoms with E-state index in [9.17, 15) is 0 Å². The summed E-state index contributed by atoms with van der Waals surface area (Å²) in [6, 6.07) is 20.3. The van der Waals surface area contributed by atoms with E-state index in [4.69, 9.17) is 16.6 Å². The molecule has 0 saturated carbocycles. The van der Waals surface area contributed by atoms with Gasteiger partial charge in [0.2, 0.25) is 0 Å². The Morgan fingerprint density at radius 1 is 0.885 bits per heavy atom. The molecule has 0 aliphatic heterocycles. The van der Waals surface area contributed by atoms with Gasteiger partial charge in [-0.1, -0.05) is 48.0 Å². The second-order valence-corrected chi connectivity index (χ2v) is 7.01. The van der Waals surface area contributed by atoms with Gasteiger partial charge in [-0.25, -0.2) is 4.98 Å². The van der Waals surface area contributed by atoms with Crippen LogP contribution in [0.15, 0.2) is 60.7 Å². The molecule has 0 aliphatic carbocycles. The minimum absolute atomic E-state index is 0.703. The van der Waals surface area contributed by atoms with Crippen LogP contribution in [0.3, 0.4) is 0 Å². The molecule has 0 spiro atoms. The maximum atomic E-state index is 6.23. The lowest BCUT2D eigenvalue weighted by atomic mass is 10.1. The Morgan fingerprint density at radius 3 is 2.31 bits per heavy atom. The summed E-state index contributed by atoms with van der Waals surface area (Å²) in [6.45, 7) is 6.32. The third-order valence-electron chi connectivity index (χ3n) is 4.66. The Balaban J connectivity index is 1.98. The number of aromatic nitrogens is 2. The summed E-state index contributed by atoms with van der Waals surface area (Å²) < 4.78 is 2.15. The van der Waals surface area contributed by atoms with Crippen LogP contribution in [-0.4, -0.2) is 9.38 Å². The van der Waals surface area contributed by atoms with Crippen molar-refractivity contribution >= 4 is 28.8 Å². The SMILES string of the molecule is Cc1cccc(C)c1Nc1c(-c2cccc(Cl)c2)nc2cccc(C)n12. The molecule has 4 rings (SSSR count). The maximum absolute atomic E-state index is 6.23. The van der Waals surface area contributed by atoms with Gasteiger partial charge in [0.25, 0.3) is 0 Å². The summed E-state index contributed by atoms with van der Waals surface area (Å²) in [6.07, 6.45) is 0. The number of imidazole rings is 1. The van der Waals surface area contributed by atoms with Crippen LogP contribution in [0.5, 0.6) is 0 Å². The normalized spacial score (nSPS) is 11.1. The number of aryl methyl sites for hydroxylation is 3. The minimum Gasteiger partial charge on any atom is -0.339 e. The number of nitrogens with one attached hydrogen (secondary N) is 1. The number of benzene rings is 2. The van der Waals surface area contributed by atoms with Gasteiger partial charge in [0.15, 0.2) is 0 Å². The summed E-state index contributed by atoms with van der Waals surface area (Å²) in [7, 11) is 0. The van der Waals surface area contributed by atoms with E-state index in [1.807, 2.05) is 36.4 Å². The van der Waals surface area contributed by atoms with E-state index in [0.29, 0.717) is 5.02 Å². The van der Waals surface area contributed by atoms with Crippen LogP contribution in [-0.2, 0) is 0 Å². The molecule has 0 radical (unpaired) electrons. The Hall–Kier alpha value is -2.78. The van der Waals surface area contributed by atoms with Crippen molar-refractivity contribution in [1.82, 2.24) is 9.38 Å². The summed E-state index contributed by atoms with van der Waals surface area (Å²) in [5.41, 5.74) is 7.43. The second kappa shape index (κ2) is 6.50. The first-order valence-electron chi connectivity index (χ1n) is 8.62. The number of rotatable bonds is 3. The molecule has 26 heavy (non-hydrogen) atoms. The molecule has 0 bridgehead atoms. The van der Waals surface area contributed by atoms with Crippen molar-refractivity contribution in [2.45, 2.75) is 20.8 Å². The molecule has 1 N–H and O–H groups in total. The lowest BCUT2D eigenvalue weighted by Crippen LogP contribution is -2.02. The fourth-order valence-corrected chi connectivity index (χ4v) is 3.53. The van der Waals surface area contributed by atoms with Crippen molar-refractivity contribution < 1.29 is 0 Å². The molecular weight excluding hydrogens is 342 g/mol. The molecule has 0 atom stereocenters. The maximum Gasteiger partial charge on any atom is 0.143 e. The van der Waals surface area contributed by atoms with Crippen LogP contribution in [0.4, 0.5) is 11.5 Å². The number of anilines is 2. The monoisotopic (exact) mass is 361 g/mol. The highest BCUT2D eigenvalue weighted by atomic mass is 35.5.